The van der Waals surface area contributed by atoms with E-state index in [1.54, 1.807) is 0 Å². The van der Waals surface area contributed by atoms with Crippen molar-refractivity contribution in [3.63, 3.8) is 0 Å². The number of anilines is 2. The Morgan fingerprint density at radius 3 is 2.25 bits per heavy atom. The maximum absolute atomic E-state index is 6.04. The number of rotatable bonds is 4. The minimum absolute atomic E-state index is 0.302. The van der Waals surface area contributed by atoms with Crippen LogP contribution >= 0.6 is 0 Å². The smallest absolute Gasteiger partial charge is 0.226 e. The maximum Gasteiger partial charge on any atom is 0.226 e. The summed E-state index contributed by atoms with van der Waals surface area (Å²) in [5.41, 5.74) is 9.92. The third-order valence-corrected chi connectivity index (χ3v) is 3.25. The first kappa shape index (κ1) is 14.3. The lowest BCUT2D eigenvalue weighted by molar-refractivity contribution is 0.658. The highest BCUT2D eigenvalue weighted by molar-refractivity contribution is 5.49. The summed E-state index contributed by atoms with van der Waals surface area (Å²) in [5, 5.41) is 0. The van der Waals surface area contributed by atoms with Gasteiger partial charge in [0.05, 0.1) is 0 Å². The van der Waals surface area contributed by atoms with E-state index in [9.17, 15) is 0 Å². The van der Waals surface area contributed by atoms with Gasteiger partial charge in [-0.15, -0.1) is 0 Å². The van der Waals surface area contributed by atoms with E-state index in [0.717, 1.165) is 28.6 Å². The van der Waals surface area contributed by atoms with Crippen LogP contribution in [-0.4, -0.2) is 16.0 Å². The largest absolute Gasteiger partial charge is 0.398 e. The van der Waals surface area contributed by atoms with Crippen LogP contribution in [0.4, 0.5) is 11.6 Å². The second-order valence-electron chi connectivity index (χ2n) is 5.37. The maximum atomic E-state index is 6.04. The Bertz CT molecular complexity index is 573. The number of nitrogens with zero attached hydrogens (tertiary/aromatic N) is 3. The fourth-order valence-electron chi connectivity index (χ4n) is 2.18. The van der Waals surface area contributed by atoms with Crippen molar-refractivity contribution >= 4 is 11.6 Å². The number of benzene rings is 1. The molecule has 2 aromatic rings. The quantitative estimate of drug-likeness (QED) is 0.867. The van der Waals surface area contributed by atoms with Crippen LogP contribution in [0.15, 0.2) is 30.3 Å². The zero-order valence-electron chi connectivity index (χ0n) is 12.6. The van der Waals surface area contributed by atoms with E-state index in [2.05, 4.69) is 28.7 Å². The average molecular weight is 270 g/mol. The zero-order chi connectivity index (χ0) is 14.7. The van der Waals surface area contributed by atoms with Crippen LogP contribution in [0.25, 0.3) is 0 Å². The summed E-state index contributed by atoms with van der Waals surface area (Å²) >= 11 is 0. The number of para-hydroxylation sites is 1. The van der Waals surface area contributed by atoms with Crippen molar-refractivity contribution in [3.8, 4) is 0 Å². The van der Waals surface area contributed by atoms with Crippen molar-refractivity contribution in [2.45, 2.75) is 40.3 Å². The molecule has 4 nitrogen and oxygen atoms in total. The van der Waals surface area contributed by atoms with Gasteiger partial charge in [0, 0.05) is 29.7 Å². The van der Waals surface area contributed by atoms with Gasteiger partial charge in [-0.1, -0.05) is 18.2 Å². The van der Waals surface area contributed by atoms with Gasteiger partial charge >= 0.3 is 0 Å². The summed E-state index contributed by atoms with van der Waals surface area (Å²) in [7, 11) is 0. The van der Waals surface area contributed by atoms with Gasteiger partial charge in [-0.25, -0.2) is 9.97 Å². The Balaban J connectivity index is 2.34. The lowest BCUT2D eigenvalue weighted by Gasteiger charge is -2.27. The van der Waals surface area contributed by atoms with Gasteiger partial charge in [0.15, 0.2) is 0 Å². The van der Waals surface area contributed by atoms with E-state index in [-0.39, 0.29) is 0 Å². The van der Waals surface area contributed by atoms with Crippen molar-refractivity contribution < 1.29 is 0 Å². The van der Waals surface area contributed by atoms with Crippen LogP contribution in [0.1, 0.15) is 30.8 Å². The van der Waals surface area contributed by atoms with Gasteiger partial charge in [0.1, 0.15) is 0 Å². The standard InChI is InChI=1S/C16H22N4/c1-11(2)20(10-14-7-5-6-8-15(14)17)16-18-12(3)9-13(4)19-16/h5-9,11H,10,17H2,1-4H3. The molecular weight excluding hydrogens is 248 g/mol. The molecule has 1 aromatic carbocycles. The van der Waals surface area contributed by atoms with Crippen molar-refractivity contribution in [3.05, 3.63) is 47.3 Å². The van der Waals surface area contributed by atoms with Gasteiger partial charge in [0.25, 0.3) is 0 Å². The molecule has 2 N–H and O–H groups in total. The molecule has 0 aliphatic rings. The second-order valence-corrected chi connectivity index (χ2v) is 5.37. The molecule has 0 spiro atoms. The molecule has 0 fully saturated rings. The molecule has 0 bridgehead atoms. The molecule has 1 aromatic heterocycles. The number of aromatic nitrogens is 2. The van der Waals surface area contributed by atoms with Crippen molar-refractivity contribution in [1.29, 1.82) is 0 Å². The molecule has 4 heteroatoms. The SMILES string of the molecule is Cc1cc(C)nc(N(Cc2ccccc2N)C(C)C)n1. The zero-order valence-corrected chi connectivity index (χ0v) is 12.6. The Kier molecular flexibility index (Phi) is 4.23. The predicted octanol–water partition coefficient (Wildman–Crippen LogP) is 3.09. The van der Waals surface area contributed by atoms with E-state index >= 15 is 0 Å². The highest BCUT2D eigenvalue weighted by atomic mass is 15.3. The van der Waals surface area contributed by atoms with Gasteiger partial charge < -0.3 is 10.6 Å². The van der Waals surface area contributed by atoms with E-state index in [1.165, 1.54) is 0 Å². The summed E-state index contributed by atoms with van der Waals surface area (Å²) in [6.07, 6.45) is 0. The minimum Gasteiger partial charge on any atom is -0.398 e. The molecule has 0 saturated heterocycles. The fourth-order valence-corrected chi connectivity index (χ4v) is 2.18. The first-order valence-corrected chi connectivity index (χ1v) is 6.89. The summed E-state index contributed by atoms with van der Waals surface area (Å²) in [6, 6.07) is 10.2. The van der Waals surface area contributed by atoms with Crippen LogP contribution in [0.3, 0.4) is 0 Å². The molecule has 0 radical (unpaired) electrons. The third kappa shape index (κ3) is 3.26. The average Bonchev–Trinajstić information content (AvgIpc) is 2.36. The van der Waals surface area contributed by atoms with Crippen LogP contribution in [0.5, 0.6) is 0 Å². The number of hydrogen-bond acceptors (Lipinski definition) is 4. The number of nitrogens with two attached hydrogens (primary N) is 1. The molecule has 0 saturated carbocycles. The monoisotopic (exact) mass is 270 g/mol. The molecule has 106 valence electrons. The number of hydrogen-bond donors (Lipinski definition) is 1. The van der Waals surface area contributed by atoms with Crippen LogP contribution in [-0.2, 0) is 6.54 Å². The molecule has 2 rings (SSSR count). The first-order chi connectivity index (χ1) is 9.47. The molecule has 1 heterocycles. The Hall–Kier alpha value is -2.10. The molecule has 0 atom stereocenters. The molecule has 0 unspecified atom stereocenters. The predicted molar refractivity (Wildman–Crippen MR) is 83.7 cm³/mol. The lowest BCUT2D eigenvalue weighted by Crippen LogP contribution is -2.32. The molecule has 0 aliphatic heterocycles. The summed E-state index contributed by atoms with van der Waals surface area (Å²) < 4.78 is 0. The molecule has 0 amide bonds. The highest BCUT2D eigenvalue weighted by Crippen LogP contribution is 2.20. The molecule has 0 aliphatic carbocycles. The molecule has 20 heavy (non-hydrogen) atoms. The number of aryl methyl sites for hydroxylation is 2. The van der Waals surface area contributed by atoms with Gasteiger partial charge in [-0.05, 0) is 45.4 Å². The highest BCUT2D eigenvalue weighted by Gasteiger charge is 2.15. The Morgan fingerprint density at radius 1 is 1.10 bits per heavy atom. The second kappa shape index (κ2) is 5.90. The first-order valence-electron chi connectivity index (χ1n) is 6.89. The van der Waals surface area contributed by atoms with E-state index in [1.807, 2.05) is 44.2 Å². The van der Waals surface area contributed by atoms with Crippen LogP contribution < -0.4 is 10.6 Å². The van der Waals surface area contributed by atoms with Crippen LogP contribution in [0, 0.1) is 13.8 Å². The van der Waals surface area contributed by atoms with Gasteiger partial charge in [-0.3, -0.25) is 0 Å². The lowest BCUT2D eigenvalue weighted by atomic mass is 10.1. The van der Waals surface area contributed by atoms with Crippen LogP contribution in [0.2, 0.25) is 0 Å². The molecular formula is C16H22N4. The number of nitrogen functional groups attached to an aromatic ring is 1. The van der Waals surface area contributed by atoms with E-state index in [4.69, 9.17) is 5.73 Å². The van der Waals surface area contributed by atoms with Gasteiger partial charge in [-0.2, -0.15) is 0 Å². The Morgan fingerprint density at radius 2 is 1.70 bits per heavy atom. The topological polar surface area (TPSA) is 55.0 Å². The summed E-state index contributed by atoms with van der Waals surface area (Å²) in [4.78, 5) is 11.3. The van der Waals surface area contributed by atoms with Crippen molar-refractivity contribution in [2.75, 3.05) is 10.6 Å². The fraction of sp³-hybridized carbons (Fsp3) is 0.375. The van der Waals surface area contributed by atoms with E-state index in [0.29, 0.717) is 12.6 Å². The third-order valence-electron chi connectivity index (χ3n) is 3.25. The van der Waals surface area contributed by atoms with E-state index < -0.39 is 0 Å². The van der Waals surface area contributed by atoms with Gasteiger partial charge in [0.2, 0.25) is 5.95 Å². The normalized spacial score (nSPS) is 10.8. The van der Waals surface area contributed by atoms with Crippen molar-refractivity contribution in [2.24, 2.45) is 0 Å². The van der Waals surface area contributed by atoms with Crippen molar-refractivity contribution in [1.82, 2.24) is 9.97 Å². The Labute approximate surface area is 120 Å². The summed E-state index contributed by atoms with van der Waals surface area (Å²) in [6.45, 7) is 8.98. The summed E-state index contributed by atoms with van der Waals surface area (Å²) in [5.74, 6) is 0.765. The minimum atomic E-state index is 0.302.